The second-order valence-corrected chi connectivity index (χ2v) is 10.4. The Hall–Kier alpha value is -3.83. The number of hydrogen-bond acceptors (Lipinski definition) is 6. The number of para-hydroxylation sites is 1. The largest absolute Gasteiger partial charge is 0.480 e. The van der Waals surface area contributed by atoms with Gasteiger partial charge in [-0.3, -0.25) is 14.9 Å². The predicted molar refractivity (Wildman–Crippen MR) is 132 cm³/mol. The zero-order valence-electron chi connectivity index (χ0n) is 19.5. The van der Waals surface area contributed by atoms with Gasteiger partial charge in [0.2, 0.25) is 5.91 Å². The molecule has 0 aromatic heterocycles. The van der Waals surface area contributed by atoms with Gasteiger partial charge in [0.15, 0.2) is 4.90 Å². The molecule has 11 heteroatoms. The first-order valence-electron chi connectivity index (χ1n) is 11.4. The van der Waals surface area contributed by atoms with Crippen molar-refractivity contribution in [3.05, 3.63) is 82.4 Å². The molecule has 0 spiro atoms. The highest BCUT2D eigenvalue weighted by atomic mass is 32.2. The van der Waals surface area contributed by atoms with Gasteiger partial charge in [-0.2, -0.15) is 4.31 Å². The summed E-state index contributed by atoms with van der Waals surface area (Å²) in [5.41, 5.74) is 0.152. The van der Waals surface area contributed by atoms with Crippen LogP contribution in [0.15, 0.2) is 71.6 Å². The van der Waals surface area contributed by atoms with Crippen LogP contribution in [0.1, 0.15) is 18.9 Å². The van der Waals surface area contributed by atoms with E-state index in [1.807, 2.05) is 42.5 Å². The Balaban J connectivity index is 1.63. The number of nitro groups is 1. The maximum atomic E-state index is 13.4. The van der Waals surface area contributed by atoms with Gasteiger partial charge in [0.05, 0.1) is 4.92 Å². The number of amides is 1. The second kappa shape index (κ2) is 10.0. The minimum Gasteiger partial charge on any atom is -0.480 e. The van der Waals surface area contributed by atoms with E-state index >= 15 is 0 Å². The maximum absolute atomic E-state index is 13.4. The quantitative estimate of drug-likeness (QED) is 0.362. The lowest BCUT2D eigenvalue weighted by Gasteiger charge is -2.41. The number of carboxylic acid groups (broad SMARTS) is 1. The van der Waals surface area contributed by atoms with E-state index in [0.717, 1.165) is 32.8 Å². The summed E-state index contributed by atoms with van der Waals surface area (Å²) in [4.78, 5) is 37.0. The normalized spacial score (nSPS) is 17.8. The highest BCUT2D eigenvalue weighted by molar-refractivity contribution is 7.89. The summed E-state index contributed by atoms with van der Waals surface area (Å²) in [5, 5.41) is 23.3. The van der Waals surface area contributed by atoms with E-state index in [2.05, 4.69) is 0 Å². The Kier molecular flexibility index (Phi) is 7.04. The van der Waals surface area contributed by atoms with Crippen molar-refractivity contribution in [2.24, 2.45) is 0 Å². The molecule has 10 nitrogen and oxygen atoms in total. The number of nitro benzene ring substituents is 1. The Bertz CT molecular complexity index is 1440. The summed E-state index contributed by atoms with van der Waals surface area (Å²) < 4.78 is 27.7. The van der Waals surface area contributed by atoms with Crippen molar-refractivity contribution in [2.45, 2.75) is 36.7 Å². The number of nitrogens with zero attached hydrogens (tertiary/aromatic N) is 3. The molecule has 3 aromatic carbocycles. The van der Waals surface area contributed by atoms with Crippen LogP contribution in [0.2, 0.25) is 0 Å². The van der Waals surface area contributed by atoms with Crippen LogP contribution in [0.4, 0.5) is 5.69 Å². The number of hydrogen-bond donors (Lipinski definition) is 1. The van der Waals surface area contributed by atoms with Crippen molar-refractivity contribution in [2.75, 3.05) is 13.1 Å². The zero-order chi connectivity index (χ0) is 26.0. The first kappa shape index (κ1) is 25.3. The number of benzene rings is 3. The Morgan fingerprint density at radius 2 is 1.75 bits per heavy atom. The van der Waals surface area contributed by atoms with E-state index in [0.29, 0.717) is 0 Å². The molecule has 1 saturated heterocycles. The molecule has 1 aliphatic heterocycles. The Labute approximate surface area is 207 Å². The number of piperazine rings is 1. The number of fused-ring (bicyclic) bond motifs is 1. The fraction of sp³-hybridized carbons (Fsp3) is 0.280. The van der Waals surface area contributed by atoms with Crippen molar-refractivity contribution in [3.63, 3.8) is 0 Å². The molecule has 0 bridgehead atoms. The lowest BCUT2D eigenvalue weighted by Crippen LogP contribution is -2.62. The fourth-order valence-electron chi connectivity index (χ4n) is 4.63. The third kappa shape index (κ3) is 4.67. The number of aliphatic carboxylic acids is 1. The SMILES string of the molecule is CCC1C(=O)N(C(Cc2ccc3ccccc3c2)C(=O)O)CCN1S(=O)(=O)c1ccccc1[N+](=O)[O-]. The van der Waals surface area contributed by atoms with Gasteiger partial charge in [0.1, 0.15) is 12.1 Å². The molecule has 1 heterocycles. The van der Waals surface area contributed by atoms with Gasteiger partial charge in [0, 0.05) is 25.6 Å². The molecular weight excluding hydrogens is 486 g/mol. The highest BCUT2D eigenvalue weighted by Crippen LogP contribution is 2.31. The zero-order valence-corrected chi connectivity index (χ0v) is 20.3. The molecule has 0 saturated carbocycles. The van der Waals surface area contributed by atoms with E-state index in [1.54, 1.807) is 6.92 Å². The lowest BCUT2D eigenvalue weighted by atomic mass is 9.99. The number of carboxylic acids is 1. The highest BCUT2D eigenvalue weighted by Gasteiger charge is 2.45. The summed E-state index contributed by atoms with van der Waals surface area (Å²) in [6.07, 6.45) is 0.136. The lowest BCUT2D eigenvalue weighted by molar-refractivity contribution is -0.387. The van der Waals surface area contributed by atoms with Crippen LogP contribution in [-0.2, 0) is 26.0 Å². The van der Waals surface area contributed by atoms with E-state index < -0.39 is 49.5 Å². The summed E-state index contributed by atoms with van der Waals surface area (Å²) >= 11 is 0. The van der Waals surface area contributed by atoms with Gasteiger partial charge >= 0.3 is 5.97 Å². The van der Waals surface area contributed by atoms with Gasteiger partial charge in [-0.05, 0) is 28.8 Å². The Morgan fingerprint density at radius 3 is 2.42 bits per heavy atom. The molecule has 188 valence electrons. The minimum atomic E-state index is -4.39. The molecule has 1 aliphatic rings. The van der Waals surface area contributed by atoms with Crippen molar-refractivity contribution < 1.29 is 28.0 Å². The van der Waals surface area contributed by atoms with Gasteiger partial charge < -0.3 is 10.0 Å². The molecule has 2 unspecified atom stereocenters. The first-order chi connectivity index (χ1) is 17.1. The van der Waals surface area contributed by atoms with Crippen molar-refractivity contribution in [1.29, 1.82) is 0 Å². The van der Waals surface area contributed by atoms with E-state index in [-0.39, 0.29) is 25.9 Å². The molecular formula is C25H25N3O7S. The molecule has 36 heavy (non-hydrogen) atoms. The summed E-state index contributed by atoms with van der Waals surface area (Å²) in [6, 6.07) is 15.8. The summed E-state index contributed by atoms with van der Waals surface area (Å²) in [5.74, 6) is -1.83. The molecule has 3 aromatic rings. The van der Waals surface area contributed by atoms with Crippen LogP contribution in [-0.4, -0.2) is 64.7 Å². The van der Waals surface area contributed by atoms with Gasteiger partial charge in [-0.25, -0.2) is 13.2 Å². The van der Waals surface area contributed by atoms with Gasteiger partial charge in [0.25, 0.3) is 15.7 Å². The maximum Gasteiger partial charge on any atom is 0.326 e. The number of rotatable bonds is 8. The number of carbonyl (C=O) groups is 2. The van der Waals surface area contributed by atoms with Gasteiger partial charge in [-0.1, -0.05) is 61.5 Å². The molecule has 1 amide bonds. The molecule has 1 N–H and O–H groups in total. The van der Waals surface area contributed by atoms with E-state index in [9.17, 15) is 33.2 Å². The summed E-state index contributed by atoms with van der Waals surface area (Å²) in [7, 11) is -4.39. The average molecular weight is 512 g/mol. The second-order valence-electron chi connectivity index (χ2n) is 8.54. The fourth-order valence-corrected chi connectivity index (χ4v) is 6.44. The van der Waals surface area contributed by atoms with Crippen LogP contribution >= 0.6 is 0 Å². The molecule has 4 rings (SSSR count). The first-order valence-corrected chi connectivity index (χ1v) is 12.9. The van der Waals surface area contributed by atoms with E-state index in [4.69, 9.17) is 0 Å². The van der Waals surface area contributed by atoms with Crippen LogP contribution in [0.5, 0.6) is 0 Å². The topological polar surface area (TPSA) is 138 Å². The monoisotopic (exact) mass is 511 g/mol. The third-order valence-electron chi connectivity index (χ3n) is 6.42. The predicted octanol–water partition coefficient (Wildman–Crippen LogP) is 3.06. The Morgan fingerprint density at radius 1 is 1.08 bits per heavy atom. The van der Waals surface area contributed by atoms with E-state index in [1.165, 1.54) is 17.0 Å². The molecule has 2 atom stereocenters. The van der Waals surface area contributed by atoms with Crippen molar-refractivity contribution >= 4 is 38.4 Å². The van der Waals surface area contributed by atoms with Crippen molar-refractivity contribution in [3.8, 4) is 0 Å². The van der Waals surface area contributed by atoms with Crippen LogP contribution in [0.25, 0.3) is 10.8 Å². The molecule has 0 radical (unpaired) electrons. The van der Waals surface area contributed by atoms with Crippen LogP contribution in [0.3, 0.4) is 0 Å². The molecule has 0 aliphatic carbocycles. The minimum absolute atomic E-state index is 0.0548. The smallest absolute Gasteiger partial charge is 0.326 e. The van der Waals surface area contributed by atoms with Crippen LogP contribution in [0, 0.1) is 10.1 Å². The van der Waals surface area contributed by atoms with Crippen LogP contribution < -0.4 is 0 Å². The molecule has 1 fully saturated rings. The number of sulfonamides is 1. The third-order valence-corrected chi connectivity index (χ3v) is 8.37. The standard InChI is InChI=1S/C25H25N3O7S/c1-2-20-24(29)26(13-14-27(20)36(34,35)23-10-6-5-9-21(23)28(32)33)22(25(30)31)16-17-11-12-18-7-3-4-8-19(18)15-17/h3-12,15,20,22H,2,13-14,16H2,1H3,(H,30,31). The van der Waals surface area contributed by atoms with Gasteiger partial charge in [-0.15, -0.1) is 0 Å². The average Bonchev–Trinajstić information content (AvgIpc) is 2.87. The van der Waals surface area contributed by atoms with Crippen molar-refractivity contribution in [1.82, 2.24) is 9.21 Å². The summed E-state index contributed by atoms with van der Waals surface area (Å²) in [6.45, 7) is 1.28. The number of carbonyl (C=O) groups excluding carboxylic acids is 1.